The van der Waals surface area contributed by atoms with E-state index in [0.29, 0.717) is 0 Å². The third-order valence-electron chi connectivity index (χ3n) is 3.93. The second-order valence-corrected chi connectivity index (χ2v) is 6.88. The summed E-state index contributed by atoms with van der Waals surface area (Å²) in [6.07, 6.45) is 0. The SMILES string of the molecule is Cc1cc(NC(=O)N2CCN(CCN(C)C)CC2)ccc1Br. The Balaban J connectivity index is 1.81. The van der Waals surface area contributed by atoms with Crippen molar-refractivity contribution >= 4 is 27.6 Å². The molecule has 2 rings (SSSR count). The van der Waals surface area contributed by atoms with Gasteiger partial charge in [0.05, 0.1) is 0 Å². The summed E-state index contributed by atoms with van der Waals surface area (Å²) >= 11 is 3.47. The number of halogens is 1. The minimum atomic E-state index is -0.00557. The molecule has 0 radical (unpaired) electrons. The van der Waals surface area contributed by atoms with E-state index in [9.17, 15) is 4.79 Å². The molecule has 0 bridgehead atoms. The van der Waals surface area contributed by atoms with E-state index in [0.717, 1.165) is 55.0 Å². The van der Waals surface area contributed by atoms with Crippen molar-refractivity contribution < 1.29 is 4.79 Å². The van der Waals surface area contributed by atoms with Gasteiger partial charge in [0.2, 0.25) is 0 Å². The Morgan fingerprint density at radius 2 is 1.95 bits per heavy atom. The van der Waals surface area contributed by atoms with Gasteiger partial charge >= 0.3 is 6.03 Å². The van der Waals surface area contributed by atoms with Gasteiger partial charge in [0.15, 0.2) is 0 Å². The monoisotopic (exact) mass is 368 g/mol. The molecule has 1 aliphatic heterocycles. The number of benzene rings is 1. The van der Waals surface area contributed by atoms with Crippen LogP contribution in [0.1, 0.15) is 5.56 Å². The van der Waals surface area contributed by atoms with Crippen LogP contribution in [0, 0.1) is 6.92 Å². The fraction of sp³-hybridized carbons (Fsp3) is 0.562. The fourth-order valence-electron chi connectivity index (χ4n) is 2.44. The first-order chi connectivity index (χ1) is 10.5. The Morgan fingerprint density at radius 1 is 1.27 bits per heavy atom. The Hall–Kier alpha value is -1.11. The van der Waals surface area contributed by atoms with Crippen LogP contribution in [0.4, 0.5) is 10.5 Å². The molecule has 1 aromatic carbocycles. The van der Waals surface area contributed by atoms with Crippen LogP contribution >= 0.6 is 15.9 Å². The normalized spacial score (nSPS) is 16.1. The first-order valence-corrected chi connectivity index (χ1v) is 8.44. The average Bonchev–Trinajstić information content (AvgIpc) is 2.49. The Labute approximate surface area is 141 Å². The summed E-state index contributed by atoms with van der Waals surface area (Å²) in [6.45, 7) is 7.60. The molecule has 0 aliphatic carbocycles. The van der Waals surface area contributed by atoms with E-state index in [-0.39, 0.29) is 6.03 Å². The van der Waals surface area contributed by atoms with Crippen LogP contribution in [0.5, 0.6) is 0 Å². The van der Waals surface area contributed by atoms with Crippen LogP contribution in [-0.4, -0.2) is 74.1 Å². The molecule has 0 saturated carbocycles. The fourth-order valence-corrected chi connectivity index (χ4v) is 2.69. The number of nitrogens with one attached hydrogen (secondary N) is 1. The summed E-state index contributed by atoms with van der Waals surface area (Å²) in [4.78, 5) is 18.8. The summed E-state index contributed by atoms with van der Waals surface area (Å²) in [5.41, 5.74) is 1.96. The zero-order valence-corrected chi connectivity index (χ0v) is 15.2. The number of piperazine rings is 1. The number of hydrogen-bond acceptors (Lipinski definition) is 3. The zero-order valence-electron chi connectivity index (χ0n) is 13.6. The number of aryl methyl sites for hydroxylation is 1. The van der Waals surface area contributed by atoms with Crippen molar-refractivity contribution in [2.45, 2.75) is 6.92 Å². The van der Waals surface area contributed by atoms with Gasteiger partial charge in [-0.2, -0.15) is 0 Å². The number of nitrogens with zero attached hydrogens (tertiary/aromatic N) is 3. The van der Waals surface area contributed by atoms with Crippen LogP contribution in [0.15, 0.2) is 22.7 Å². The number of carbonyl (C=O) groups is 1. The van der Waals surface area contributed by atoms with Crippen LogP contribution in [0.25, 0.3) is 0 Å². The molecule has 1 fully saturated rings. The summed E-state index contributed by atoms with van der Waals surface area (Å²) in [7, 11) is 4.17. The molecule has 1 N–H and O–H groups in total. The highest BCUT2D eigenvalue weighted by Gasteiger charge is 2.20. The number of rotatable bonds is 4. The van der Waals surface area contributed by atoms with Crippen LogP contribution in [0.3, 0.4) is 0 Å². The van der Waals surface area contributed by atoms with Gasteiger partial charge in [0.1, 0.15) is 0 Å². The van der Waals surface area contributed by atoms with E-state index in [4.69, 9.17) is 0 Å². The van der Waals surface area contributed by atoms with Crippen LogP contribution in [0.2, 0.25) is 0 Å². The zero-order chi connectivity index (χ0) is 16.1. The van der Waals surface area contributed by atoms with Crippen molar-refractivity contribution in [3.8, 4) is 0 Å². The van der Waals surface area contributed by atoms with E-state index in [1.54, 1.807) is 0 Å². The number of anilines is 1. The second-order valence-electron chi connectivity index (χ2n) is 6.03. The van der Waals surface area contributed by atoms with Gasteiger partial charge in [0, 0.05) is 49.4 Å². The van der Waals surface area contributed by atoms with Crippen molar-refractivity contribution in [1.29, 1.82) is 0 Å². The molecule has 122 valence electrons. The molecule has 5 nitrogen and oxygen atoms in total. The molecule has 0 unspecified atom stereocenters. The number of likely N-dealkylation sites (N-methyl/N-ethyl adjacent to an activating group) is 1. The van der Waals surface area contributed by atoms with E-state index in [2.05, 4.69) is 45.1 Å². The van der Waals surface area contributed by atoms with Gasteiger partial charge in [-0.05, 0) is 44.8 Å². The van der Waals surface area contributed by atoms with Crippen molar-refractivity contribution in [2.75, 3.05) is 58.7 Å². The van der Waals surface area contributed by atoms with Crippen molar-refractivity contribution in [3.63, 3.8) is 0 Å². The lowest BCUT2D eigenvalue weighted by molar-refractivity contribution is 0.140. The smallest absolute Gasteiger partial charge is 0.321 e. The lowest BCUT2D eigenvalue weighted by Crippen LogP contribution is -2.51. The van der Waals surface area contributed by atoms with Crippen LogP contribution in [-0.2, 0) is 0 Å². The maximum Gasteiger partial charge on any atom is 0.321 e. The number of hydrogen-bond donors (Lipinski definition) is 1. The first-order valence-electron chi connectivity index (χ1n) is 7.65. The molecular weight excluding hydrogens is 344 g/mol. The third-order valence-corrected chi connectivity index (χ3v) is 4.82. The quantitative estimate of drug-likeness (QED) is 0.886. The number of carbonyl (C=O) groups excluding carboxylic acids is 1. The van der Waals surface area contributed by atoms with Crippen LogP contribution < -0.4 is 5.32 Å². The standard InChI is InChI=1S/C16H25BrN4O/c1-13-12-14(4-5-15(13)17)18-16(22)21-10-8-20(9-11-21)7-6-19(2)3/h4-5,12H,6-11H2,1-3H3,(H,18,22). The van der Waals surface area contributed by atoms with Gasteiger partial charge < -0.3 is 15.1 Å². The van der Waals surface area contributed by atoms with Crippen molar-refractivity contribution in [3.05, 3.63) is 28.2 Å². The molecular formula is C16H25BrN4O. The van der Waals surface area contributed by atoms with Gasteiger partial charge in [0.25, 0.3) is 0 Å². The second kappa shape index (κ2) is 7.94. The average molecular weight is 369 g/mol. The molecule has 0 aromatic heterocycles. The molecule has 1 saturated heterocycles. The maximum absolute atomic E-state index is 12.3. The minimum absolute atomic E-state index is 0.00557. The molecule has 1 aliphatic rings. The maximum atomic E-state index is 12.3. The molecule has 1 aromatic rings. The predicted molar refractivity (Wildman–Crippen MR) is 94.5 cm³/mol. The minimum Gasteiger partial charge on any atom is -0.322 e. The van der Waals surface area contributed by atoms with Gasteiger partial charge in [-0.3, -0.25) is 4.90 Å². The van der Waals surface area contributed by atoms with E-state index in [1.807, 2.05) is 30.0 Å². The van der Waals surface area contributed by atoms with Gasteiger partial charge in [-0.25, -0.2) is 4.79 Å². The molecule has 0 atom stereocenters. The summed E-state index contributed by atoms with van der Waals surface area (Å²) in [5.74, 6) is 0. The Bertz CT molecular complexity index is 513. The first kappa shape index (κ1) is 17.2. The molecule has 1 heterocycles. The molecule has 22 heavy (non-hydrogen) atoms. The third kappa shape index (κ3) is 4.97. The Kier molecular flexibility index (Phi) is 6.23. The lowest BCUT2D eigenvalue weighted by atomic mass is 10.2. The van der Waals surface area contributed by atoms with Crippen molar-refractivity contribution in [2.24, 2.45) is 0 Å². The largest absolute Gasteiger partial charge is 0.322 e. The van der Waals surface area contributed by atoms with E-state index < -0.39 is 0 Å². The topological polar surface area (TPSA) is 38.8 Å². The van der Waals surface area contributed by atoms with Gasteiger partial charge in [-0.1, -0.05) is 15.9 Å². The van der Waals surface area contributed by atoms with Gasteiger partial charge in [-0.15, -0.1) is 0 Å². The summed E-state index contributed by atoms with van der Waals surface area (Å²) in [5, 5.41) is 2.98. The van der Waals surface area contributed by atoms with E-state index in [1.165, 1.54) is 0 Å². The summed E-state index contributed by atoms with van der Waals surface area (Å²) in [6, 6.07) is 5.86. The molecule has 0 spiro atoms. The number of amides is 2. The predicted octanol–water partition coefficient (Wildman–Crippen LogP) is 2.47. The number of urea groups is 1. The van der Waals surface area contributed by atoms with E-state index >= 15 is 0 Å². The lowest BCUT2D eigenvalue weighted by Gasteiger charge is -2.35. The Morgan fingerprint density at radius 3 is 2.55 bits per heavy atom. The highest BCUT2D eigenvalue weighted by atomic mass is 79.9. The molecule has 2 amide bonds. The highest BCUT2D eigenvalue weighted by Crippen LogP contribution is 2.20. The summed E-state index contributed by atoms with van der Waals surface area (Å²) < 4.78 is 1.06. The van der Waals surface area contributed by atoms with Crippen molar-refractivity contribution in [1.82, 2.24) is 14.7 Å². The molecule has 6 heteroatoms. The highest BCUT2D eigenvalue weighted by molar-refractivity contribution is 9.10.